The van der Waals surface area contributed by atoms with E-state index in [1.165, 1.54) is 12.1 Å². The molecule has 1 atom stereocenters. The van der Waals surface area contributed by atoms with Gasteiger partial charge in [0.05, 0.1) is 24.9 Å². The molecule has 4 nitrogen and oxygen atoms in total. The molecule has 1 aliphatic rings. The third kappa shape index (κ3) is 3.59. The normalized spacial score (nSPS) is 18.8. The second kappa shape index (κ2) is 7.11. The van der Waals surface area contributed by atoms with E-state index in [1.807, 2.05) is 31.2 Å². The molecular weight excluding hydrogens is 296 g/mol. The summed E-state index contributed by atoms with van der Waals surface area (Å²) in [6, 6.07) is 7.92. The van der Waals surface area contributed by atoms with Gasteiger partial charge in [-0.05, 0) is 51.0 Å². The molecule has 0 saturated carbocycles. The first-order valence-electron chi connectivity index (χ1n) is 7.80. The third-order valence-electron chi connectivity index (χ3n) is 3.77. The fraction of sp³-hybridized carbons (Fsp3) is 0.471. The SMILES string of the molecule is CCOc1ccc(N=c2scc(C)n2CC2CCCO2)cc1. The maximum atomic E-state index is 5.75. The summed E-state index contributed by atoms with van der Waals surface area (Å²) in [5.74, 6) is 0.885. The number of thiazole rings is 1. The maximum absolute atomic E-state index is 5.75. The largest absolute Gasteiger partial charge is 0.494 e. The Morgan fingerprint density at radius 3 is 2.86 bits per heavy atom. The first-order chi connectivity index (χ1) is 10.8. The van der Waals surface area contributed by atoms with Crippen LogP contribution < -0.4 is 9.54 Å². The van der Waals surface area contributed by atoms with Crippen LogP contribution in [0.1, 0.15) is 25.5 Å². The van der Waals surface area contributed by atoms with E-state index in [9.17, 15) is 0 Å². The molecule has 0 bridgehead atoms. The first kappa shape index (κ1) is 15.3. The van der Waals surface area contributed by atoms with Gasteiger partial charge in [0.15, 0.2) is 4.80 Å². The minimum atomic E-state index is 0.326. The lowest BCUT2D eigenvalue weighted by atomic mass is 10.2. The summed E-state index contributed by atoms with van der Waals surface area (Å²) in [4.78, 5) is 5.80. The Bertz CT molecular complexity index is 667. The summed E-state index contributed by atoms with van der Waals surface area (Å²) < 4.78 is 13.5. The molecule has 1 saturated heterocycles. The van der Waals surface area contributed by atoms with Crippen molar-refractivity contribution in [2.24, 2.45) is 4.99 Å². The van der Waals surface area contributed by atoms with Crippen LogP contribution in [0.25, 0.3) is 0 Å². The molecule has 0 aliphatic carbocycles. The molecule has 1 aromatic heterocycles. The topological polar surface area (TPSA) is 35.8 Å². The Hall–Kier alpha value is -1.59. The van der Waals surface area contributed by atoms with Gasteiger partial charge in [0.2, 0.25) is 0 Å². The van der Waals surface area contributed by atoms with Gasteiger partial charge in [0.1, 0.15) is 5.75 Å². The number of nitrogens with zero attached hydrogens (tertiary/aromatic N) is 2. The summed E-state index contributed by atoms with van der Waals surface area (Å²) >= 11 is 1.68. The molecule has 1 aromatic carbocycles. The minimum Gasteiger partial charge on any atom is -0.494 e. The number of rotatable bonds is 5. The van der Waals surface area contributed by atoms with Gasteiger partial charge in [-0.2, -0.15) is 0 Å². The van der Waals surface area contributed by atoms with Crippen molar-refractivity contribution in [3.8, 4) is 5.75 Å². The van der Waals surface area contributed by atoms with Crippen molar-refractivity contribution in [1.29, 1.82) is 0 Å². The lowest BCUT2D eigenvalue weighted by molar-refractivity contribution is 0.0959. The van der Waals surface area contributed by atoms with Gasteiger partial charge >= 0.3 is 0 Å². The summed E-state index contributed by atoms with van der Waals surface area (Å²) in [6.45, 7) is 6.58. The standard InChI is InChI=1S/C17H22N2O2S/c1-3-20-15-8-6-14(7-9-15)18-17-19(13(2)12-22-17)11-16-5-4-10-21-16/h6-9,12,16H,3-5,10-11H2,1-2H3. The summed E-state index contributed by atoms with van der Waals surface area (Å²) in [6.07, 6.45) is 2.64. The van der Waals surface area contributed by atoms with Crippen molar-refractivity contribution in [3.63, 3.8) is 0 Å². The number of ether oxygens (including phenoxy) is 2. The number of benzene rings is 1. The second-order valence-corrected chi connectivity index (χ2v) is 6.28. The molecule has 0 N–H and O–H groups in total. The van der Waals surface area contributed by atoms with Crippen LogP contribution >= 0.6 is 11.3 Å². The monoisotopic (exact) mass is 318 g/mol. The van der Waals surface area contributed by atoms with Crippen LogP contribution in [0.5, 0.6) is 5.75 Å². The van der Waals surface area contributed by atoms with Crippen LogP contribution in [0, 0.1) is 6.92 Å². The Kier molecular flexibility index (Phi) is 4.95. The molecule has 0 spiro atoms. The molecule has 3 rings (SSSR count). The molecule has 1 fully saturated rings. The molecule has 0 radical (unpaired) electrons. The van der Waals surface area contributed by atoms with Crippen LogP contribution in [-0.4, -0.2) is 23.9 Å². The van der Waals surface area contributed by atoms with Gasteiger partial charge in [0, 0.05) is 17.7 Å². The van der Waals surface area contributed by atoms with Gasteiger partial charge in [-0.15, -0.1) is 11.3 Å². The van der Waals surface area contributed by atoms with Crippen LogP contribution in [-0.2, 0) is 11.3 Å². The molecule has 1 aliphatic heterocycles. The van der Waals surface area contributed by atoms with Crippen molar-refractivity contribution in [3.05, 3.63) is 40.1 Å². The van der Waals surface area contributed by atoms with E-state index in [4.69, 9.17) is 14.5 Å². The predicted octanol–water partition coefficient (Wildman–Crippen LogP) is 3.67. The van der Waals surface area contributed by atoms with Crippen molar-refractivity contribution >= 4 is 17.0 Å². The van der Waals surface area contributed by atoms with E-state index in [1.54, 1.807) is 11.3 Å². The molecule has 5 heteroatoms. The molecule has 1 unspecified atom stereocenters. The third-order valence-corrected chi connectivity index (χ3v) is 4.76. The van der Waals surface area contributed by atoms with E-state index in [0.29, 0.717) is 12.7 Å². The number of aryl methyl sites for hydroxylation is 1. The van der Waals surface area contributed by atoms with E-state index in [-0.39, 0.29) is 0 Å². The minimum absolute atomic E-state index is 0.326. The van der Waals surface area contributed by atoms with Crippen molar-refractivity contribution in [1.82, 2.24) is 4.57 Å². The average molecular weight is 318 g/mol. The maximum Gasteiger partial charge on any atom is 0.190 e. The zero-order valence-electron chi connectivity index (χ0n) is 13.1. The molecule has 118 valence electrons. The zero-order chi connectivity index (χ0) is 15.4. The van der Waals surface area contributed by atoms with E-state index in [0.717, 1.165) is 35.8 Å². The Labute approximate surface area is 135 Å². The highest BCUT2D eigenvalue weighted by molar-refractivity contribution is 7.07. The highest BCUT2D eigenvalue weighted by atomic mass is 32.1. The summed E-state index contributed by atoms with van der Waals surface area (Å²) in [5.41, 5.74) is 2.19. The number of hydrogen-bond donors (Lipinski definition) is 0. The molecule has 2 aromatic rings. The van der Waals surface area contributed by atoms with Crippen molar-refractivity contribution in [2.45, 2.75) is 39.3 Å². The zero-order valence-corrected chi connectivity index (χ0v) is 13.9. The van der Waals surface area contributed by atoms with Gasteiger partial charge in [-0.25, -0.2) is 4.99 Å². The van der Waals surface area contributed by atoms with Gasteiger partial charge < -0.3 is 14.0 Å². The average Bonchev–Trinajstić information content (AvgIpc) is 3.15. The van der Waals surface area contributed by atoms with E-state index >= 15 is 0 Å². The predicted molar refractivity (Wildman–Crippen MR) is 88.9 cm³/mol. The highest BCUT2D eigenvalue weighted by Gasteiger charge is 2.17. The molecule has 2 heterocycles. The Morgan fingerprint density at radius 1 is 1.36 bits per heavy atom. The fourth-order valence-electron chi connectivity index (χ4n) is 2.61. The quantitative estimate of drug-likeness (QED) is 0.843. The lowest BCUT2D eigenvalue weighted by Crippen LogP contribution is -2.24. The lowest BCUT2D eigenvalue weighted by Gasteiger charge is -2.12. The van der Waals surface area contributed by atoms with Crippen LogP contribution in [0.2, 0.25) is 0 Å². The Morgan fingerprint density at radius 2 is 2.18 bits per heavy atom. The first-order valence-corrected chi connectivity index (χ1v) is 8.68. The Balaban J connectivity index is 1.83. The van der Waals surface area contributed by atoms with Crippen molar-refractivity contribution in [2.75, 3.05) is 13.2 Å². The van der Waals surface area contributed by atoms with E-state index in [2.05, 4.69) is 16.9 Å². The fourth-order valence-corrected chi connectivity index (χ4v) is 3.52. The number of hydrogen-bond acceptors (Lipinski definition) is 4. The molecular formula is C17H22N2O2S. The van der Waals surface area contributed by atoms with Gasteiger partial charge in [-0.3, -0.25) is 0 Å². The van der Waals surface area contributed by atoms with E-state index < -0.39 is 0 Å². The second-order valence-electron chi connectivity index (χ2n) is 5.44. The van der Waals surface area contributed by atoms with Gasteiger partial charge in [0.25, 0.3) is 0 Å². The summed E-state index contributed by atoms with van der Waals surface area (Å²) in [7, 11) is 0. The highest BCUT2D eigenvalue weighted by Crippen LogP contribution is 2.19. The molecule has 0 amide bonds. The smallest absolute Gasteiger partial charge is 0.190 e. The molecule has 22 heavy (non-hydrogen) atoms. The van der Waals surface area contributed by atoms with Crippen LogP contribution in [0.4, 0.5) is 5.69 Å². The van der Waals surface area contributed by atoms with Crippen LogP contribution in [0.3, 0.4) is 0 Å². The summed E-state index contributed by atoms with van der Waals surface area (Å²) in [5, 5.41) is 2.16. The van der Waals surface area contributed by atoms with Gasteiger partial charge in [-0.1, -0.05) is 0 Å². The van der Waals surface area contributed by atoms with Crippen LogP contribution in [0.15, 0.2) is 34.6 Å². The number of aromatic nitrogens is 1. The van der Waals surface area contributed by atoms with Crippen molar-refractivity contribution < 1.29 is 9.47 Å².